The van der Waals surface area contributed by atoms with E-state index in [2.05, 4.69) is 4.74 Å². The van der Waals surface area contributed by atoms with Crippen LogP contribution in [0.5, 0.6) is 0 Å². The Balaban J connectivity index is 2.38. The average molecular weight is 345 g/mol. The first-order valence-corrected chi connectivity index (χ1v) is 8.22. The van der Waals surface area contributed by atoms with Gasteiger partial charge in [-0.2, -0.15) is 13.2 Å². The van der Waals surface area contributed by atoms with Crippen molar-refractivity contribution in [1.82, 2.24) is 0 Å². The van der Waals surface area contributed by atoms with Gasteiger partial charge in [-0.05, 0) is 36.8 Å². The molecule has 0 saturated carbocycles. The Morgan fingerprint density at radius 3 is 2.33 bits per heavy atom. The van der Waals surface area contributed by atoms with Gasteiger partial charge in [-0.1, -0.05) is 37.6 Å². The van der Waals surface area contributed by atoms with Gasteiger partial charge in [0.05, 0.1) is 13.0 Å². The number of esters is 1. The average Bonchev–Trinajstić information content (AvgIpc) is 2.54. The van der Waals surface area contributed by atoms with Crippen LogP contribution >= 0.6 is 0 Å². The summed E-state index contributed by atoms with van der Waals surface area (Å²) in [6, 6.07) is 7.46. The van der Waals surface area contributed by atoms with Gasteiger partial charge in [-0.25, -0.2) is 0 Å². The number of methoxy groups -OCH3 is 1. The summed E-state index contributed by atoms with van der Waals surface area (Å²) in [4.78, 5) is 11.0. The van der Waals surface area contributed by atoms with E-state index >= 15 is 0 Å². The van der Waals surface area contributed by atoms with Gasteiger partial charge in [0.15, 0.2) is 0 Å². The third kappa shape index (κ3) is 7.34. The quantitative estimate of drug-likeness (QED) is 0.668. The van der Waals surface area contributed by atoms with Crippen molar-refractivity contribution in [3.63, 3.8) is 0 Å². The fourth-order valence-electron chi connectivity index (χ4n) is 2.44. The fourth-order valence-corrected chi connectivity index (χ4v) is 2.44. The number of rotatable bonds is 9. The van der Waals surface area contributed by atoms with Crippen LogP contribution in [0.3, 0.4) is 0 Å². The minimum Gasteiger partial charge on any atom is -0.469 e. The molecule has 6 heteroatoms. The van der Waals surface area contributed by atoms with Crippen molar-refractivity contribution in [2.75, 3.05) is 7.11 Å². The van der Waals surface area contributed by atoms with Gasteiger partial charge in [0.25, 0.3) is 0 Å². The summed E-state index contributed by atoms with van der Waals surface area (Å²) in [6.45, 7) is 1.20. The highest BCUT2D eigenvalue weighted by Crippen LogP contribution is 2.30. The molecule has 136 valence electrons. The van der Waals surface area contributed by atoms with Crippen molar-refractivity contribution in [3.8, 4) is 0 Å². The van der Waals surface area contributed by atoms with Crippen molar-refractivity contribution in [2.45, 2.75) is 57.7 Å². The molecular weight excluding hydrogens is 319 g/mol. The largest absolute Gasteiger partial charge is 0.469 e. The number of benzene rings is 1. The summed E-state index contributed by atoms with van der Waals surface area (Å²) in [5.74, 6) is -1.51. The third-order valence-electron chi connectivity index (χ3n) is 4.19. The van der Waals surface area contributed by atoms with Gasteiger partial charge in [0, 0.05) is 12.5 Å². The molecule has 0 amide bonds. The highest BCUT2D eigenvalue weighted by atomic mass is 19.4. The predicted molar refractivity (Wildman–Crippen MR) is 87.4 cm³/mol. The van der Waals surface area contributed by atoms with E-state index < -0.39 is 12.1 Å². The number of ether oxygens (including phenoxy) is 1. The van der Waals surface area contributed by atoms with Crippen molar-refractivity contribution >= 4 is 5.97 Å². The summed E-state index contributed by atoms with van der Waals surface area (Å²) in [5.41, 5.74) is 8.08. The molecule has 1 rings (SSSR count). The normalized spacial score (nSPS) is 14.2. The van der Waals surface area contributed by atoms with Crippen molar-refractivity contribution in [1.29, 1.82) is 0 Å². The molecule has 0 fully saturated rings. The molecule has 2 N–H and O–H groups in total. The third-order valence-corrected chi connectivity index (χ3v) is 4.19. The molecule has 0 aliphatic heterocycles. The topological polar surface area (TPSA) is 52.3 Å². The number of hydrogen-bond donors (Lipinski definition) is 1. The van der Waals surface area contributed by atoms with Crippen LogP contribution in [0.25, 0.3) is 0 Å². The second kappa shape index (κ2) is 9.67. The van der Waals surface area contributed by atoms with Crippen LogP contribution in [-0.4, -0.2) is 19.3 Å². The fraction of sp³-hybridized carbons (Fsp3) is 0.611. The lowest BCUT2D eigenvalue weighted by molar-refractivity contribution is -0.171. The summed E-state index contributed by atoms with van der Waals surface area (Å²) in [7, 11) is 1.37. The molecule has 2 atom stereocenters. The van der Waals surface area contributed by atoms with E-state index in [0.29, 0.717) is 25.7 Å². The second-order valence-corrected chi connectivity index (χ2v) is 6.15. The SMILES string of the molecule is COC(=O)CCCc1ccc(C(N)CCCC(C)C(F)(F)F)cc1. The Morgan fingerprint density at radius 2 is 1.79 bits per heavy atom. The summed E-state index contributed by atoms with van der Waals surface area (Å²) in [5, 5.41) is 0. The number of carbonyl (C=O) groups is 1. The van der Waals surface area contributed by atoms with Gasteiger partial charge >= 0.3 is 12.1 Å². The molecule has 0 saturated heterocycles. The van der Waals surface area contributed by atoms with E-state index in [9.17, 15) is 18.0 Å². The Bertz CT molecular complexity index is 500. The molecule has 24 heavy (non-hydrogen) atoms. The molecule has 2 unspecified atom stereocenters. The molecule has 0 aromatic heterocycles. The first kappa shape index (κ1) is 20.5. The predicted octanol–water partition coefficient (Wildman–Crippen LogP) is 4.55. The minimum atomic E-state index is -4.13. The molecule has 0 aliphatic rings. The number of aryl methyl sites for hydroxylation is 1. The zero-order valence-electron chi connectivity index (χ0n) is 14.2. The number of halogens is 3. The first-order valence-electron chi connectivity index (χ1n) is 8.22. The maximum Gasteiger partial charge on any atom is 0.391 e. The molecule has 0 bridgehead atoms. The van der Waals surface area contributed by atoms with Crippen molar-refractivity contribution in [2.24, 2.45) is 11.7 Å². The summed E-state index contributed by atoms with van der Waals surface area (Å²) < 4.78 is 42.0. The lowest BCUT2D eigenvalue weighted by Gasteiger charge is -2.17. The highest BCUT2D eigenvalue weighted by Gasteiger charge is 2.35. The Morgan fingerprint density at radius 1 is 1.17 bits per heavy atom. The number of nitrogens with two attached hydrogens (primary N) is 1. The molecule has 0 heterocycles. The van der Waals surface area contributed by atoms with E-state index in [4.69, 9.17) is 5.73 Å². The monoisotopic (exact) mass is 345 g/mol. The maximum atomic E-state index is 12.5. The van der Waals surface area contributed by atoms with Gasteiger partial charge in [-0.3, -0.25) is 4.79 Å². The van der Waals surface area contributed by atoms with Crippen LogP contribution in [-0.2, 0) is 16.0 Å². The summed E-state index contributed by atoms with van der Waals surface area (Å²) in [6.07, 6.45) is -1.18. The molecule has 1 aromatic carbocycles. The van der Waals surface area contributed by atoms with Crippen LogP contribution in [0, 0.1) is 5.92 Å². The second-order valence-electron chi connectivity index (χ2n) is 6.15. The van der Waals surface area contributed by atoms with E-state index in [0.717, 1.165) is 17.5 Å². The number of alkyl halides is 3. The van der Waals surface area contributed by atoms with Gasteiger partial charge in [0.1, 0.15) is 0 Å². The van der Waals surface area contributed by atoms with Crippen molar-refractivity contribution < 1.29 is 22.7 Å². The standard InChI is InChI=1S/C18H26F3NO2/c1-13(18(19,20)21)5-3-7-16(22)15-11-9-14(10-12-15)6-4-8-17(23)24-2/h9-13,16H,3-8,22H2,1-2H3. The van der Waals surface area contributed by atoms with E-state index in [1.54, 1.807) is 0 Å². The lowest BCUT2D eigenvalue weighted by atomic mass is 9.96. The van der Waals surface area contributed by atoms with E-state index in [1.807, 2.05) is 24.3 Å². The van der Waals surface area contributed by atoms with Crippen LogP contribution in [0.15, 0.2) is 24.3 Å². The first-order chi connectivity index (χ1) is 11.2. The molecule has 0 radical (unpaired) electrons. The molecular formula is C18H26F3NO2. The smallest absolute Gasteiger partial charge is 0.391 e. The Kier molecular flexibility index (Phi) is 8.25. The van der Waals surface area contributed by atoms with E-state index in [1.165, 1.54) is 14.0 Å². The zero-order chi connectivity index (χ0) is 18.2. The number of hydrogen-bond acceptors (Lipinski definition) is 3. The van der Waals surface area contributed by atoms with Gasteiger partial charge in [-0.15, -0.1) is 0 Å². The van der Waals surface area contributed by atoms with E-state index in [-0.39, 0.29) is 18.4 Å². The highest BCUT2D eigenvalue weighted by molar-refractivity contribution is 5.69. The lowest BCUT2D eigenvalue weighted by Crippen LogP contribution is -2.20. The van der Waals surface area contributed by atoms with Gasteiger partial charge in [0.2, 0.25) is 0 Å². The number of carbonyl (C=O) groups excluding carboxylic acids is 1. The molecule has 3 nitrogen and oxygen atoms in total. The van der Waals surface area contributed by atoms with Crippen LogP contribution in [0.1, 0.15) is 56.2 Å². The zero-order valence-corrected chi connectivity index (χ0v) is 14.2. The molecule has 0 spiro atoms. The van der Waals surface area contributed by atoms with Crippen LogP contribution < -0.4 is 5.73 Å². The molecule has 0 aliphatic carbocycles. The van der Waals surface area contributed by atoms with Crippen LogP contribution in [0.4, 0.5) is 13.2 Å². The van der Waals surface area contributed by atoms with Gasteiger partial charge < -0.3 is 10.5 Å². The van der Waals surface area contributed by atoms with Crippen LogP contribution in [0.2, 0.25) is 0 Å². The molecule has 1 aromatic rings. The maximum absolute atomic E-state index is 12.5. The van der Waals surface area contributed by atoms with Crippen molar-refractivity contribution in [3.05, 3.63) is 35.4 Å². The minimum absolute atomic E-state index is 0.100. The Hall–Kier alpha value is -1.56. The Labute approximate surface area is 141 Å². The summed E-state index contributed by atoms with van der Waals surface area (Å²) >= 11 is 0.